The van der Waals surface area contributed by atoms with E-state index in [1.807, 2.05) is 6.92 Å². The zero-order chi connectivity index (χ0) is 14.0. The van der Waals surface area contributed by atoms with E-state index < -0.39 is 0 Å². The summed E-state index contributed by atoms with van der Waals surface area (Å²) < 4.78 is 15.4. The number of nitrogens with two attached hydrogens (primary N) is 1. The van der Waals surface area contributed by atoms with Gasteiger partial charge in [-0.15, -0.1) is 0 Å². The lowest BCUT2D eigenvalue weighted by Gasteiger charge is -2.17. The van der Waals surface area contributed by atoms with Crippen molar-refractivity contribution in [3.63, 3.8) is 0 Å². The molecule has 0 aliphatic carbocycles. The van der Waals surface area contributed by atoms with E-state index in [0.717, 1.165) is 11.3 Å². The molecule has 1 aromatic carbocycles. The Morgan fingerprint density at radius 3 is 2.68 bits per heavy atom. The summed E-state index contributed by atoms with van der Waals surface area (Å²) in [5.41, 5.74) is 4.85. The zero-order valence-corrected chi connectivity index (χ0v) is 11.6. The van der Waals surface area contributed by atoms with Crippen molar-refractivity contribution in [1.29, 1.82) is 0 Å². The number of hydrogen-bond acceptors (Lipinski definition) is 3. The Kier molecular flexibility index (Phi) is 4.19. The molecule has 19 heavy (non-hydrogen) atoms. The van der Waals surface area contributed by atoms with Crippen molar-refractivity contribution in [3.05, 3.63) is 52.1 Å². The largest absolute Gasteiger partial charge is 0.271 e. The van der Waals surface area contributed by atoms with Gasteiger partial charge in [-0.3, -0.25) is 16.0 Å². The van der Waals surface area contributed by atoms with Crippen molar-refractivity contribution in [2.45, 2.75) is 19.4 Å². The fraction of sp³-hybridized carbons (Fsp3) is 0.308. The third-order valence-corrected chi connectivity index (χ3v) is 3.63. The number of hydrogen-bond donors (Lipinski definition) is 2. The van der Waals surface area contributed by atoms with Gasteiger partial charge in [0.2, 0.25) is 0 Å². The number of aromatic nitrogens is 2. The van der Waals surface area contributed by atoms with Crippen LogP contribution >= 0.6 is 11.6 Å². The molecular weight excluding hydrogens is 267 g/mol. The van der Waals surface area contributed by atoms with Gasteiger partial charge in [-0.25, -0.2) is 4.39 Å². The first kappa shape index (κ1) is 14.0. The Bertz CT molecular complexity index is 582. The Hall–Kier alpha value is -1.43. The number of aryl methyl sites for hydroxylation is 2. The molecule has 0 radical (unpaired) electrons. The molecule has 1 atom stereocenters. The molecule has 0 fully saturated rings. The van der Waals surface area contributed by atoms with E-state index in [4.69, 9.17) is 17.4 Å². The second-order valence-corrected chi connectivity index (χ2v) is 4.78. The van der Waals surface area contributed by atoms with E-state index >= 15 is 0 Å². The van der Waals surface area contributed by atoms with Gasteiger partial charge in [0.25, 0.3) is 0 Å². The van der Waals surface area contributed by atoms with E-state index in [2.05, 4.69) is 10.5 Å². The quantitative estimate of drug-likeness (QED) is 0.668. The zero-order valence-electron chi connectivity index (χ0n) is 10.8. The van der Waals surface area contributed by atoms with Gasteiger partial charge < -0.3 is 0 Å². The van der Waals surface area contributed by atoms with Gasteiger partial charge in [0.05, 0.1) is 11.7 Å². The Balaban J connectivity index is 2.32. The minimum Gasteiger partial charge on any atom is -0.271 e. The highest BCUT2D eigenvalue weighted by Gasteiger charge is 2.19. The summed E-state index contributed by atoms with van der Waals surface area (Å²) in [6.07, 6.45) is 0.482. The summed E-state index contributed by atoms with van der Waals surface area (Å²) >= 11 is 6.18. The van der Waals surface area contributed by atoms with E-state index in [1.165, 1.54) is 6.07 Å². The summed E-state index contributed by atoms with van der Waals surface area (Å²) in [5.74, 6) is 5.25. The minimum atomic E-state index is -0.346. The predicted molar refractivity (Wildman–Crippen MR) is 73.1 cm³/mol. The van der Waals surface area contributed by atoms with E-state index in [0.29, 0.717) is 17.1 Å². The molecule has 1 heterocycles. The summed E-state index contributed by atoms with van der Waals surface area (Å²) in [6, 6.07) is 6.20. The number of benzene rings is 1. The van der Waals surface area contributed by atoms with Crippen LogP contribution < -0.4 is 11.3 Å². The van der Waals surface area contributed by atoms with E-state index in [9.17, 15) is 4.39 Å². The molecule has 0 saturated carbocycles. The predicted octanol–water partition coefficient (Wildman–Crippen LogP) is 2.27. The number of nitrogens with zero attached hydrogens (tertiary/aromatic N) is 2. The molecule has 3 N–H and O–H groups in total. The van der Waals surface area contributed by atoms with Crippen LogP contribution in [0.2, 0.25) is 5.15 Å². The van der Waals surface area contributed by atoms with Crippen molar-refractivity contribution in [2.24, 2.45) is 12.9 Å². The molecule has 2 aromatic rings. The van der Waals surface area contributed by atoms with Crippen molar-refractivity contribution in [2.75, 3.05) is 0 Å². The molecule has 2 rings (SSSR count). The molecular formula is C13H16ClFN4. The average Bonchev–Trinajstić information content (AvgIpc) is 2.63. The van der Waals surface area contributed by atoms with Crippen LogP contribution in [0.1, 0.15) is 22.9 Å². The molecule has 4 nitrogen and oxygen atoms in total. The number of halogens is 2. The molecule has 1 aromatic heterocycles. The van der Waals surface area contributed by atoms with Crippen LogP contribution in [0.4, 0.5) is 4.39 Å². The lowest BCUT2D eigenvalue weighted by atomic mass is 9.99. The highest BCUT2D eigenvalue weighted by molar-refractivity contribution is 6.30. The van der Waals surface area contributed by atoms with E-state index in [1.54, 1.807) is 29.9 Å². The number of nitrogens with one attached hydrogen (secondary N) is 1. The van der Waals surface area contributed by atoms with Gasteiger partial charge in [0.1, 0.15) is 11.0 Å². The van der Waals surface area contributed by atoms with Crippen molar-refractivity contribution < 1.29 is 4.39 Å². The van der Waals surface area contributed by atoms with Gasteiger partial charge in [0.15, 0.2) is 0 Å². The third-order valence-electron chi connectivity index (χ3n) is 3.16. The first-order chi connectivity index (χ1) is 9.04. The SMILES string of the molecule is Cc1nn(C)c(Cl)c1CC(NN)c1ccccc1F. The number of hydrazine groups is 1. The molecule has 1 unspecified atom stereocenters. The lowest BCUT2D eigenvalue weighted by Crippen LogP contribution is -2.30. The summed E-state index contributed by atoms with van der Waals surface area (Å²) in [6.45, 7) is 1.87. The van der Waals surface area contributed by atoms with E-state index in [-0.39, 0.29) is 11.9 Å². The maximum absolute atomic E-state index is 13.8. The highest BCUT2D eigenvalue weighted by Crippen LogP contribution is 2.26. The van der Waals surface area contributed by atoms with Crippen LogP contribution in [0.25, 0.3) is 0 Å². The van der Waals surface area contributed by atoms with Crippen LogP contribution in [0, 0.1) is 12.7 Å². The smallest absolute Gasteiger partial charge is 0.130 e. The molecule has 0 aliphatic rings. The molecule has 0 bridgehead atoms. The van der Waals surface area contributed by atoms with Crippen LogP contribution in [0.3, 0.4) is 0 Å². The summed E-state index contributed by atoms with van der Waals surface area (Å²) in [4.78, 5) is 0. The van der Waals surface area contributed by atoms with Crippen LogP contribution in [-0.2, 0) is 13.5 Å². The van der Waals surface area contributed by atoms with Crippen molar-refractivity contribution in [1.82, 2.24) is 15.2 Å². The fourth-order valence-corrected chi connectivity index (χ4v) is 2.38. The molecule has 6 heteroatoms. The van der Waals surface area contributed by atoms with Gasteiger partial charge in [-0.05, 0) is 19.4 Å². The first-order valence-electron chi connectivity index (χ1n) is 5.93. The average molecular weight is 283 g/mol. The maximum Gasteiger partial charge on any atom is 0.130 e. The molecule has 102 valence electrons. The molecule has 0 saturated heterocycles. The summed E-state index contributed by atoms with van der Waals surface area (Å²) in [7, 11) is 1.77. The van der Waals surface area contributed by atoms with Crippen molar-refractivity contribution >= 4 is 11.6 Å². The fourth-order valence-electron chi connectivity index (χ4n) is 2.13. The van der Waals surface area contributed by atoms with Crippen LogP contribution in [0.5, 0.6) is 0 Å². The Morgan fingerprint density at radius 1 is 1.47 bits per heavy atom. The number of rotatable bonds is 4. The second kappa shape index (κ2) is 5.69. The van der Waals surface area contributed by atoms with Gasteiger partial charge in [-0.1, -0.05) is 29.8 Å². The Morgan fingerprint density at radius 2 is 2.16 bits per heavy atom. The minimum absolute atomic E-state index is 0.289. The third kappa shape index (κ3) is 2.78. The topological polar surface area (TPSA) is 55.9 Å². The summed E-state index contributed by atoms with van der Waals surface area (Å²) in [5, 5.41) is 4.79. The van der Waals surface area contributed by atoms with Crippen LogP contribution in [0.15, 0.2) is 24.3 Å². The first-order valence-corrected chi connectivity index (χ1v) is 6.31. The van der Waals surface area contributed by atoms with Crippen molar-refractivity contribution in [3.8, 4) is 0 Å². The second-order valence-electron chi connectivity index (χ2n) is 4.42. The highest BCUT2D eigenvalue weighted by atomic mass is 35.5. The lowest BCUT2D eigenvalue weighted by molar-refractivity contribution is 0.510. The molecule has 0 aliphatic heterocycles. The van der Waals surface area contributed by atoms with Gasteiger partial charge >= 0.3 is 0 Å². The molecule has 0 amide bonds. The van der Waals surface area contributed by atoms with Gasteiger partial charge in [0, 0.05) is 18.2 Å². The standard InChI is InChI=1S/C13H16ClFN4/c1-8-10(13(14)19(2)18-8)7-12(17-16)9-5-3-4-6-11(9)15/h3-6,12,17H,7,16H2,1-2H3. The maximum atomic E-state index is 13.8. The Labute approximate surface area is 116 Å². The monoisotopic (exact) mass is 282 g/mol. The molecule has 0 spiro atoms. The van der Waals surface area contributed by atoms with Crippen LogP contribution in [-0.4, -0.2) is 9.78 Å². The van der Waals surface area contributed by atoms with Gasteiger partial charge in [-0.2, -0.15) is 5.10 Å². The normalized spacial score (nSPS) is 12.7.